The zero-order chi connectivity index (χ0) is 12.4. The zero-order valence-electron chi connectivity index (χ0n) is 9.63. The Morgan fingerprint density at radius 1 is 1.41 bits per heavy atom. The van der Waals surface area contributed by atoms with Crippen molar-refractivity contribution in [1.29, 1.82) is 0 Å². The summed E-state index contributed by atoms with van der Waals surface area (Å²) in [6, 6.07) is 1.45. The van der Waals surface area contributed by atoms with Crippen molar-refractivity contribution in [2.24, 2.45) is 0 Å². The van der Waals surface area contributed by atoms with Gasteiger partial charge in [0.25, 0.3) is 0 Å². The highest BCUT2D eigenvalue weighted by molar-refractivity contribution is 5.85. The molecular weight excluding hydrogens is 222 g/mol. The first-order chi connectivity index (χ1) is 8.06. The average molecular weight is 237 g/mol. The van der Waals surface area contributed by atoms with Gasteiger partial charge in [0.2, 0.25) is 5.95 Å². The number of aliphatic hydroxyl groups excluding tert-OH is 1. The highest BCUT2D eigenvalue weighted by Gasteiger charge is 2.20. The van der Waals surface area contributed by atoms with Crippen LogP contribution < -0.4 is 4.90 Å². The number of carboxylic acids is 1. The minimum atomic E-state index is -1.05. The van der Waals surface area contributed by atoms with Crippen molar-refractivity contribution < 1.29 is 15.0 Å². The molecular formula is C11H15N3O3. The van der Waals surface area contributed by atoms with Gasteiger partial charge in [-0.3, -0.25) is 0 Å². The van der Waals surface area contributed by atoms with E-state index in [1.54, 1.807) is 6.92 Å². The minimum Gasteiger partial charge on any atom is -0.477 e. The monoisotopic (exact) mass is 237 g/mol. The third-order valence-corrected chi connectivity index (χ3v) is 2.81. The van der Waals surface area contributed by atoms with Crippen molar-refractivity contribution in [3.8, 4) is 0 Å². The molecule has 1 aliphatic heterocycles. The van der Waals surface area contributed by atoms with Crippen LogP contribution in [-0.4, -0.2) is 45.3 Å². The molecule has 6 nitrogen and oxygen atoms in total. The molecule has 0 amide bonds. The fourth-order valence-electron chi connectivity index (χ4n) is 1.87. The molecule has 92 valence electrons. The van der Waals surface area contributed by atoms with E-state index in [2.05, 4.69) is 9.97 Å². The second kappa shape index (κ2) is 4.67. The molecule has 2 rings (SSSR count). The number of hydrogen-bond donors (Lipinski definition) is 2. The molecule has 0 unspecified atom stereocenters. The SMILES string of the molecule is Cc1cc(C(=O)O)nc(N2CCC(O)CC2)n1. The van der Waals surface area contributed by atoms with E-state index >= 15 is 0 Å². The number of nitrogens with zero attached hydrogens (tertiary/aromatic N) is 3. The van der Waals surface area contributed by atoms with E-state index in [4.69, 9.17) is 5.11 Å². The van der Waals surface area contributed by atoms with Gasteiger partial charge in [-0.15, -0.1) is 0 Å². The van der Waals surface area contributed by atoms with Crippen molar-refractivity contribution in [1.82, 2.24) is 9.97 Å². The molecule has 1 fully saturated rings. The highest BCUT2D eigenvalue weighted by atomic mass is 16.4. The average Bonchev–Trinajstić information content (AvgIpc) is 2.29. The number of aliphatic hydroxyl groups is 1. The van der Waals surface area contributed by atoms with E-state index in [1.165, 1.54) is 6.07 Å². The maximum Gasteiger partial charge on any atom is 0.354 e. The molecule has 1 aromatic heterocycles. The van der Waals surface area contributed by atoms with E-state index in [1.807, 2.05) is 4.90 Å². The summed E-state index contributed by atoms with van der Waals surface area (Å²) in [5.74, 6) is -0.608. The largest absolute Gasteiger partial charge is 0.477 e. The van der Waals surface area contributed by atoms with Crippen molar-refractivity contribution in [3.63, 3.8) is 0 Å². The maximum absolute atomic E-state index is 10.9. The van der Waals surface area contributed by atoms with Crippen LogP contribution >= 0.6 is 0 Å². The summed E-state index contributed by atoms with van der Waals surface area (Å²) in [6.07, 6.45) is 1.06. The van der Waals surface area contributed by atoms with Crippen LogP contribution in [0.2, 0.25) is 0 Å². The maximum atomic E-state index is 10.9. The van der Waals surface area contributed by atoms with Gasteiger partial charge in [-0.25, -0.2) is 14.8 Å². The number of aromatic carboxylic acids is 1. The van der Waals surface area contributed by atoms with E-state index < -0.39 is 5.97 Å². The van der Waals surface area contributed by atoms with E-state index in [0.29, 0.717) is 37.6 Å². The van der Waals surface area contributed by atoms with Crippen LogP contribution in [0.1, 0.15) is 29.0 Å². The first kappa shape index (κ1) is 11.8. The number of carbonyl (C=O) groups is 1. The van der Waals surface area contributed by atoms with Gasteiger partial charge in [-0.05, 0) is 25.8 Å². The molecule has 0 radical (unpaired) electrons. The molecule has 0 spiro atoms. The van der Waals surface area contributed by atoms with E-state index in [0.717, 1.165) is 0 Å². The Kier molecular flexibility index (Phi) is 3.23. The fraction of sp³-hybridized carbons (Fsp3) is 0.545. The quantitative estimate of drug-likeness (QED) is 0.776. The van der Waals surface area contributed by atoms with Crippen molar-refractivity contribution in [3.05, 3.63) is 17.5 Å². The number of aryl methyl sites for hydroxylation is 1. The molecule has 0 bridgehead atoms. The van der Waals surface area contributed by atoms with Crippen molar-refractivity contribution >= 4 is 11.9 Å². The van der Waals surface area contributed by atoms with Crippen LogP contribution in [0.15, 0.2) is 6.07 Å². The first-order valence-corrected chi connectivity index (χ1v) is 5.58. The third-order valence-electron chi connectivity index (χ3n) is 2.81. The van der Waals surface area contributed by atoms with Crippen LogP contribution in [0.25, 0.3) is 0 Å². The molecule has 6 heteroatoms. The summed E-state index contributed by atoms with van der Waals surface area (Å²) >= 11 is 0. The zero-order valence-corrected chi connectivity index (χ0v) is 9.63. The molecule has 0 saturated carbocycles. The number of piperidine rings is 1. The van der Waals surface area contributed by atoms with Crippen LogP contribution in [0.3, 0.4) is 0 Å². The van der Waals surface area contributed by atoms with Gasteiger partial charge in [-0.1, -0.05) is 0 Å². The molecule has 2 heterocycles. The standard InChI is InChI=1S/C11H15N3O3/c1-7-6-9(10(16)17)13-11(12-7)14-4-2-8(15)3-5-14/h6,8,15H,2-5H2,1H3,(H,16,17). The summed E-state index contributed by atoms with van der Waals surface area (Å²) in [7, 11) is 0. The van der Waals surface area contributed by atoms with E-state index in [-0.39, 0.29) is 11.8 Å². The van der Waals surface area contributed by atoms with Gasteiger partial charge in [0.15, 0.2) is 5.69 Å². The second-order valence-electron chi connectivity index (χ2n) is 4.22. The Hall–Kier alpha value is -1.69. The second-order valence-corrected chi connectivity index (χ2v) is 4.22. The van der Waals surface area contributed by atoms with Crippen molar-refractivity contribution in [2.45, 2.75) is 25.9 Å². The fourth-order valence-corrected chi connectivity index (χ4v) is 1.87. The van der Waals surface area contributed by atoms with Gasteiger partial charge in [0, 0.05) is 18.8 Å². The first-order valence-electron chi connectivity index (χ1n) is 5.58. The Bertz CT molecular complexity index is 428. The van der Waals surface area contributed by atoms with E-state index in [9.17, 15) is 9.90 Å². The summed E-state index contributed by atoms with van der Waals surface area (Å²) in [4.78, 5) is 21.1. The van der Waals surface area contributed by atoms with Gasteiger partial charge < -0.3 is 15.1 Å². The summed E-state index contributed by atoms with van der Waals surface area (Å²) in [6.45, 7) is 3.06. The lowest BCUT2D eigenvalue weighted by molar-refractivity contribution is 0.0690. The Labute approximate surface area is 98.9 Å². The molecule has 0 atom stereocenters. The smallest absolute Gasteiger partial charge is 0.354 e. The third kappa shape index (κ3) is 2.71. The topological polar surface area (TPSA) is 86.5 Å². The molecule has 1 aliphatic rings. The van der Waals surface area contributed by atoms with Gasteiger partial charge in [0.05, 0.1) is 6.10 Å². The molecule has 1 aromatic rings. The molecule has 0 aromatic carbocycles. The Morgan fingerprint density at radius 2 is 2.06 bits per heavy atom. The lowest BCUT2D eigenvalue weighted by Gasteiger charge is -2.29. The highest BCUT2D eigenvalue weighted by Crippen LogP contribution is 2.17. The summed E-state index contributed by atoms with van der Waals surface area (Å²) in [5, 5.41) is 18.3. The van der Waals surface area contributed by atoms with Gasteiger partial charge in [0.1, 0.15) is 0 Å². The lowest BCUT2D eigenvalue weighted by Crippen LogP contribution is -2.37. The number of anilines is 1. The van der Waals surface area contributed by atoms with Crippen molar-refractivity contribution in [2.75, 3.05) is 18.0 Å². The lowest BCUT2D eigenvalue weighted by atomic mass is 10.1. The number of hydrogen-bond acceptors (Lipinski definition) is 5. The van der Waals surface area contributed by atoms with Crippen LogP contribution in [0.5, 0.6) is 0 Å². The molecule has 2 N–H and O–H groups in total. The Balaban J connectivity index is 2.23. The number of aromatic nitrogens is 2. The normalized spacial score (nSPS) is 17.2. The number of rotatable bonds is 2. The predicted octanol–water partition coefficient (Wildman–Crippen LogP) is 0.444. The number of carboxylic acid groups (broad SMARTS) is 1. The Morgan fingerprint density at radius 3 is 2.65 bits per heavy atom. The molecule has 17 heavy (non-hydrogen) atoms. The van der Waals surface area contributed by atoms with Crippen LogP contribution in [-0.2, 0) is 0 Å². The summed E-state index contributed by atoms with van der Waals surface area (Å²) < 4.78 is 0. The van der Waals surface area contributed by atoms with Gasteiger partial charge >= 0.3 is 5.97 Å². The predicted molar refractivity (Wildman–Crippen MR) is 61.2 cm³/mol. The molecule has 1 saturated heterocycles. The minimum absolute atomic E-state index is 0.0126. The van der Waals surface area contributed by atoms with Crippen LogP contribution in [0.4, 0.5) is 5.95 Å². The van der Waals surface area contributed by atoms with Crippen LogP contribution in [0, 0.1) is 6.92 Å². The summed E-state index contributed by atoms with van der Waals surface area (Å²) in [5.41, 5.74) is 0.650. The molecule has 0 aliphatic carbocycles. The van der Waals surface area contributed by atoms with Gasteiger partial charge in [-0.2, -0.15) is 0 Å².